The quantitative estimate of drug-likeness (QED) is 0.233. The van der Waals surface area contributed by atoms with Crippen LogP contribution in [0.1, 0.15) is 0 Å². The van der Waals surface area contributed by atoms with E-state index in [0.29, 0.717) is 0 Å². The molecule has 1 unspecified atom stereocenters. The van der Waals surface area contributed by atoms with Crippen molar-refractivity contribution in [2.24, 2.45) is 0 Å². The number of hydrogen-bond acceptors (Lipinski definition) is 3. The average Bonchev–Trinajstić information content (AvgIpc) is 1.84. The molecule has 0 aliphatic heterocycles. The monoisotopic (exact) mass is 220 g/mol. The summed E-state index contributed by atoms with van der Waals surface area (Å²) in [5.74, 6) is 0. The summed E-state index contributed by atoms with van der Waals surface area (Å²) in [5, 5.41) is 8.96. The van der Waals surface area contributed by atoms with E-state index in [1.807, 2.05) is 0 Å². The molecule has 74 valence electrons. The van der Waals surface area contributed by atoms with Crippen molar-refractivity contribution in [3.05, 3.63) is 12.7 Å². The van der Waals surface area contributed by atoms with Crippen molar-refractivity contribution in [1.29, 1.82) is 0 Å². The van der Waals surface area contributed by atoms with E-state index in [9.17, 15) is 4.57 Å². The van der Waals surface area contributed by atoms with Gasteiger partial charge in [0.25, 0.3) is 0 Å². The number of aliphatic hydroxyl groups is 1. The summed E-state index contributed by atoms with van der Waals surface area (Å²) in [5.41, 5.74) is 0. The van der Waals surface area contributed by atoms with Gasteiger partial charge in [0.05, 0.1) is 25.5 Å². The van der Waals surface area contributed by atoms with Crippen LogP contribution in [0.2, 0.25) is 0 Å². The number of rotatable bonds is 6. The van der Waals surface area contributed by atoms with Gasteiger partial charge in [0.2, 0.25) is 0 Å². The Morgan fingerprint density at radius 2 is 2.08 bits per heavy atom. The van der Waals surface area contributed by atoms with Gasteiger partial charge in [-0.25, -0.2) is 0 Å². The third-order valence-electron chi connectivity index (χ3n) is 0.995. The molecule has 0 fully saturated rings. The zero-order chi connectivity index (χ0) is 9.61. The Morgan fingerprint density at radius 1 is 1.54 bits per heavy atom. The SMILES string of the molecule is C=CCOCC(O)CP(=O)(O)O.[NaH]. The first kappa shape index (κ1) is 16.2. The van der Waals surface area contributed by atoms with Crippen molar-refractivity contribution in [2.75, 3.05) is 19.4 Å². The van der Waals surface area contributed by atoms with Crippen molar-refractivity contribution in [3.8, 4) is 0 Å². The Labute approximate surface area is 99.2 Å². The molecule has 3 N–H and O–H groups in total. The third-order valence-corrected chi connectivity index (χ3v) is 1.89. The molecule has 0 bridgehead atoms. The van der Waals surface area contributed by atoms with E-state index in [2.05, 4.69) is 6.58 Å². The molecule has 7 heteroatoms. The van der Waals surface area contributed by atoms with Gasteiger partial charge in [0.1, 0.15) is 0 Å². The predicted molar refractivity (Wildman–Crippen MR) is 51.1 cm³/mol. The molecular formula is C6H14NaO5P. The van der Waals surface area contributed by atoms with Gasteiger partial charge in [0, 0.05) is 0 Å². The molecule has 0 amide bonds. The summed E-state index contributed by atoms with van der Waals surface area (Å²) in [6, 6.07) is 0. The van der Waals surface area contributed by atoms with E-state index in [1.165, 1.54) is 6.08 Å². The van der Waals surface area contributed by atoms with Crippen LogP contribution in [0.3, 0.4) is 0 Å². The number of ether oxygens (including phenoxy) is 1. The topological polar surface area (TPSA) is 87.0 Å². The minimum absolute atomic E-state index is 0. The summed E-state index contributed by atoms with van der Waals surface area (Å²) >= 11 is 0. The van der Waals surface area contributed by atoms with Crippen LogP contribution in [0.25, 0.3) is 0 Å². The number of aliphatic hydroxyl groups excluding tert-OH is 1. The van der Waals surface area contributed by atoms with Gasteiger partial charge in [-0.1, -0.05) is 6.08 Å². The van der Waals surface area contributed by atoms with E-state index in [4.69, 9.17) is 19.6 Å². The van der Waals surface area contributed by atoms with Crippen LogP contribution < -0.4 is 0 Å². The second-order valence-electron chi connectivity index (χ2n) is 2.33. The van der Waals surface area contributed by atoms with E-state index >= 15 is 0 Å². The molecular weight excluding hydrogens is 206 g/mol. The Bertz CT molecular complexity index is 180. The molecule has 0 aliphatic carbocycles. The maximum atomic E-state index is 10.3. The predicted octanol–water partition coefficient (Wildman–Crippen LogP) is -0.921. The molecule has 0 rings (SSSR count). The summed E-state index contributed by atoms with van der Waals surface area (Å²) < 4.78 is 15.1. The van der Waals surface area contributed by atoms with Crippen LogP contribution in [0.5, 0.6) is 0 Å². The van der Waals surface area contributed by atoms with Crippen LogP contribution in [-0.2, 0) is 9.30 Å². The van der Waals surface area contributed by atoms with E-state index in [-0.39, 0.29) is 42.8 Å². The van der Waals surface area contributed by atoms with Gasteiger partial charge in [-0.05, 0) is 0 Å². The summed E-state index contributed by atoms with van der Waals surface area (Å²) in [6.07, 6.45) is -0.195. The molecule has 0 heterocycles. The first-order chi connectivity index (χ1) is 5.45. The zero-order valence-electron chi connectivity index (χ0n) is 6.59. The van der Waals surface area contributed by atoms with Crippen LogP contribution in [0.15, 0.2) is 12.7 Å². The van der Waals surface area contributed by atoms with Gasteiger partial charge in [-0.3, -0.25) is 4.57 Å². The average molecular weight is 220 g/mol. The molecule has 0 aliphatic rings. The van der Waals surface area contributed by atoms with Gasteiger partial charge in [-0.15, -0.1) is 6.58 Å². The van der Waals surface area contributed by atoms with Gasteiger partial charge in [-0.2, -0.15) is 0 Å². The third kappa shape index (κ3) is 12.8. The van der Waals surface area contributed by atoms with Crippen LogP contribution in [-0.4, -0.2) is 69.9 Å². The molecule has 0 saturated carbocycles. The normalized spacial score (nSPS) is 13.2. The van der Waals surface area contributed by atoms with E-state index < -0.39 is 19.9 Å². The zero-order valence-corrected chi connectivity index (χ0v) is 7.48. The first-order valence-electron chi connectivity index (χ1n) is 3.37. The fourth-order valence-corrected chi connectivity index (χ4v) is 1.27. The van der Waals surface area contributed by atoms with Crippen molar-refractivity contribution in [3.63, 3.8) is 0 Å². The molecule has 0 aromatic heterocycles. The standard InChI is InChI=1S/C6H13O5P.Na.H/c1-2-3-11-4-6(7)5-12(8,9)10;;/h2,6-7H,1,3-5H2,(H2,8,9,10);;. The number of hydrogen-bond donors (Lipinski definition) is 3. The molecule has 13 heavy (non-hydrogen) atoms. The molecule has 0 saturated heterocycles. The fraction of sp³-hybridized carbons (Fsp3) is 0.667. The van der Waals surface area contributed by atoms with E-state index in [1.54, 1.807) is 0 Å². The summed E-state index contributed by atoms with van der Waals surface area (Å²) in [7, 11) is -4.13. The van der Waals surface area contributed by atoms with Gasteiger partial charge < -0.3 is 19.6 Å². The molecule has 0 aromatic carbocycles. The van der Waals surface area contributed by atoms with Crippen LogP contribution in [0, 0.1) is 0 Å². The molecule has 5 nitrogen and oxygen atoms in total. The summed E-state index contributed by atoms with van der Waals surface area (Å²) in [6.45, 7) is 3.55. The minimum atomic E-state index is -4.13. The second kappa shape index (κ2) is 8.15. The van der Waals surface area contributed by atoms with Gasteiger partial charge >= 0.3 is 37.2 Å². The van der Waals surface area contributed by atoms with Crippen molar-refractivity contribution in [2.45, 2.75) is 6.10 Å². The molecule has 1 atom stereocenters. The Balaban J connectivity index is 0. The van der Waals surface area contributed by atoms with Crippen LogP contribution in [0.4, 0.5) is 0 Å². The maximum absolute atomic E-state index is 10.3. The van der Waals surface area contributed by atoms with E-state index in [0.717, 1.165) is 0 Å². The molecule has 0 aromatic rings. The Hall–Kier alpha value is 0.810. The van der Waals surface area contributed by atoms with Crippen molar-refractivity contribution < 1.29 is 24.2 Å². The Kier molecular flexibility index (Phi) is 10.2. The first-order valence-corrected chi connectivity index (χ1v) is 5.16. The molecule has 0 spiro atoms. The summed E-state index contributed by atoms with van der Waals surface area (Å²) in [4.78, 5) is 16.8. The Morgan fingerprint density at radius 3 is 2.46 bits per heavy atom. The molecule has 0 radical (unpaired) electrons. The van der Waals surface area contributed by atoms with Gasteiger partial charge in [0.15, 0.2) is 0 Å². The van der Waals surface area contributed by atoms with Crippen molar-refractivity contribution in [1.82, 2.24) is 0 Å². The van der Waals surface area contributed by atoms with Crippen molar-refractivity contribution >= 4 is 37.2 Å². The second-order valence-corrected chi connectivity index (χ2v) is 4.02. The van der Waals surface area contributed by atoms with Crippen LogP contribution >= 0.6 is 7.60 Å². The fourth-order valence-electron chi connectivity index (χ4n) is 0.615.